The summed E-state index contributed by atoms with van der Waals surface area (Å²) in [6.07, 6.45) is -0.788. The van der Waals surface area contributed by atoms with Crippen LogP contribution in [0.15, 0.2) is 12.1 Å². The molecule has 1 aromatic rings. The van der Waals surface area contributed by atoms with Crippen molar-refractivity contribution in [3.8, 4) is 0 Å². The number of nitro groups is 1. The van der Waals surface area contributed by atoms with Gasteiger partial charge in [0.2, 0.25) is 0 Å². The van der Waals surface area contributed by atoms with Crippen molar-refractivity contribution in [3.05, 3.63) is 31.4 Å². The lowest BCUT2D eigenvalue weighted by atomic mass is 9.96. The first-order valence-electron chi connectivity index (χ1n) is 6.84. The number of benzene rings is 1. The van der Waals surface area contributed by atoms with Crippen LogP contribution in [0.4, 0.5) is 16.2 Å². The van der Waals surface area contributed by atoms with Gasteiger partial charge in [-0.05, 0) is 42.5 Å². The summed E-state index contributed by atoms with van der Waals surface area (Å²) >= 11 is 2.01. The van der Waals surface area contributed by atoms with Crippen molar-refractivity contribution in [2.75, 3.05) is 25.1 Å². The quantitative estimate of drug-likeness (QED) is 0.383. The number of ether oxygens (including phenoxy) is 1. The van der Waals surface area contributed by atoms with Crippen LogP contribution in [0.25, 0.3) is 0 Å². The molecule has 0 aliphatic rings. The largest absolute Gasteiger partial charge is 0.443 e. The van der Waals surface area contributed by atoms with Gasteiger partial charge in [-0.3, -0.25) is 10.1 Å². The molecule has 0 bridgehead atoms. The van der Waals surface area contributed by atoms with Gasteiger partial charge in [0.1, 0.15) is 5.60 Å². The van der Waals surface area contributed by atoms with Gasteiger partial charge in [0.05, 0.1) is 17.2 Å². The summed E-state index contributed by atoms with van der Waals surface area (Å²) in [6, 6.07) is 3.15. The third-order valence-corrected chi connectivity index (χ3v) is 4.05. The Bertz CT molecular complexity index is 606. The number of primary amides is 1. The second kappa shape index (κ2) is 7.77. The summed E-state index contributed by atoms with van der Waals surface area (Å²) in [6.45, 7) is 3.64. The van der Waals surface area contributed by atoms with E-state index >= 15 is 0 Å². The standard InChI is InChI=1S/C14H20IN3O5/c1-14(2,23-13(16)20)8-9-6-12(17(3)4-5-19)10(15)7-11(9)18(21)22/h6-7,19H,4-5,8H2,1-3H3,(H2,16,20). The summed E-state index contributed by atoms with van der Waals surface area (Å²) in [4.78, 5) is 23.6. The number of anilines is 1. The highest BCUT2D eigenvalue weighted by Crippen LogP contribution is 2.33. The van der Waals surface area contributed by atoms with Crippen LogP contribution in [0, 0.1) is 13.7 Å². The van der Waals surface area contributed by atoms with Crippen LogP contribution >= 0.6 is 22.6 Å². The average molecular weight is 437 g/mol. The molecule has 0 fully saturated rings. The highest BCUT2D eigenvalue weighted by Gasteiger charge is 2.28. The van der Waals surface area contributed by atoms with Gasteiger partial charge in [-0.15, -0.1) is 0 Å². The summed E-state index contributed by atoms with van der Waals surface area (Å²) in [5, 5.41) is 20.4. The van der Waals surface area contributed by atoms with Crippen LogP contribution in [-0.2, 0) is 11.2 Å². The Balaban J connectivity index is 3.29. The van der Waals surface area contributed by atoms with E-state index in [1.165, 1.54) is 6.07 Å². The fraction of sp³-hybridized carbons (Fsp3) is 0.500. The molecule has 0 unspecified atom stereocenters. The van der Waals surface area contributed by atoms with E-state index in [-0.39, 0.29) is 18.7 Å². The zero-order valence-electron chi connectivity index (χ0n) is 13.2. The van der Waals surface area contributed by atoms with Gasteiger partial charge < -0.3 is 20.5 Å². The molecule has 1 aromatic carbocycles. The summed E-state index contributed by atoms with van der Waals surface area (Å²) < 4.78 is 5.71. The SMILES string of the molecule is CN(CCO)c1cc(CC(C)(C)OC(N)=O)c([N+](=O)[O-])cc1I. The van der Waals surface area contributed by atoms with Gasteiger partial charge in [0, 0.05) is 35.2 Å². The highest BCUT2D eigenvalue weighted by atomic mass is 127. The van der Waals surface area contributed by atoms with Gasteiger partial charge in [-0.1, -0.05) is 0 Å². The third-order valence-electron chi connectivity index (χ3n) is 3.18. The smallest absolute Gasteiger partial charge is 0.405 e. The number of hydrogen-bond donors (Lipinski definition) is 2. The highest BCUT2D eigenvalue weighted by molar-refractivity contribution is 14.1. The minimum Gasteiger partial charge on any atom is -0.443 e. The van der Waals surface area contributed by atoms with E-state index in [0.29, 0.717) is 15.7 Å². The van der Waals surface area contributed by atoms with E-state index in [1.54, 1.807) is 31.9 Å². The number of rotatable bonds is 7. The van der Waals surface area contributed by atoms with Gasteiger partial charge in [0.25, 0.3) is 5.69 Å². The molecule has 0 atom stereocenters. The second-order valence-electron chi connectivity index (χ2n) is 5.69. The van der Waals surface area contributed by atoms with Crippen LogP contribution in [-0.4, -0.2) is 41.9 Å². The number of halogens is 1. The maximum atomic E-state index is 11.3. The van der Waals surface area contributed by atoms with Crippen LogP contribution in [0.2, 0.25) is 0 Å². The van der Waals surface area contributed by atoms with Crippen molar-refractivity contribution >= 4 is 40.1 Å². The number of likely N-dealkylation sites (N-methyl/N-ethyl adjacent to an activating group) is 1. The molecular formula is C14H20IN3O5. The molecule has 3 N–H and O–H groups in total. The lowest BCUT2D eigenvalue weighted by Crippen LogP contribution is -2.33. The Labute approximate surface area is 147 Å². The van der Waals surface area contributed by atoms with E-state index in [2.05, 4.69) is 0 Å². The van der Waals surface area contributed by atoms with Crippen molar-refractivity contribution in [2.45, 2.75) is 25.9 Å². The number of hydrogen-bond acceptors (Lipinski definition) is 6. The van der Waals surface area contributed by atoms with Crippen molar-refractivity contribution < 1.29 is 19.6 Å². The molecule has 0 saturated carbocycles. The minimum absolute atomic E-state index is 0.0326. The number of amides is 1. The molecule has 0 radical (unpaired) electrons. The summed E-state index contributed by atoms with van der Waals surface area (Å²) in [5.41, 5.74) is 5.21. The molecule has 1 rings (SSSR count). The predicted octanol–water partition coefficient (Wildman–Crippen LogP) is 2.04. The molecule has 8 nitrogen and oxygen atoms in total. The predicted molar refractivity (Wildman–Crippen MR) is 94.6 cm³/mol. The number of aliphatic hydroxyl groups is 1. The molecule has 0 spiro atoms. The maximum absolute atomic E-state index is 11.3. The Morgan fingerprint density at radius 2 is 2.13 bits per heavy atom. The molecule has 1 amide bonds. The molecule has 0 saturated heterocycles. The van der Waals surface area contributed by atoms with Gasteiger partial charge in [-0.2, -0.15) is 0 Å². The Kier molecular flexibility index (Phi) is 6.57. The lowest BCUT2D eigenvalue weighted by Gasteiger charge is -2.25. The Morgan fingerprint density at radius 1 is 1.52 bits per heavy atom. The maximum Gasteiger partial charge on any atom is 0.405 e. The number of carbonyl (C=O) groups is 1. The topological polar surface area (TPSA) is 119 Å². The van der Waals surface area contributed by atoms with Gasteiger partial charge in [0.15, 0.2) is 0 Å². The molecule has 0 aromatic heterocycles. The number of carbonyl (C=O) groups excluding carboxylic acids is 1. The summed E-state index contributed by atoms with van der Waals surface area (Å²) in [7, 11) is 1.79. The third kappa shape index (κ3) is 5.50. The van der Waals surface area contributed by atoms with Crippen LogP contribution < -0.4 is 10.6 Å². The summed E-state index contributed by atoms with van der Waals surface area (Å²) in [5.74, 6) is 0. The Morgan fingerprint density at radius 3 is 2.61 bits per heavy atom. The first kappa shape index (κ1) is 19.4. The zero-order valence-corrected chi connectivity index (χ0v) is 15.4. The van der Waals surface area contributed by atoms with E-state index < -0.39 is 16.6 Å². The van der Waals surface area contributed by atoms with Crippen molar-refractivity contribution in [1.82, 2.24) is 0 Å². The monoisotopic (exact) mass is 437 g/mol. The van der Waals surface area contributed by atoms with Crippen molar-refractivity contribution in [1.29, 1.82) is 0 Å². The number of aliphatic hydroxyl groups excluding tert-OH is 1. The van der Waals surface area contributed by atoms with E-state index in [9.17, 15) is 14.9 Å². The van der Waals surface area contributed by atoms with E-state index in [1.807, 2.05) is 22.6 Å². The van der Waals surface area contributed by atoms with Crippen molar-refractivity contribution in [3.63, 3.8) is 0 Å². The second-order valence-corrected chi connectivity index (χ2v) is 6.85. The first-order valence-corrected chi connectivity index (χ1v) is 7.92. The number of nitrogens with two attached hydrogens (primary N) is 1. The molecule has 9 heteroatoms. The Hall–Kier alpha value is -1.62. The van der Waals surface area contributed by atoms with Crippen LogP contribution in [0.5, 0.6) is 0 Å². The van der Waals surface area contributed by atoms with Crippen molar-refractivity contribution in [2.24, 2.45) is 5.73 Å². The number of nitro benzene ring substituents is 1. The van der Waals surface area contributed by atoms with Crippen LogP contribution in [0.3, 0.4) is 0 Å². The zero-order chi connectivity index (χ0) is 17.8. The van der Waals surface area contributed by atoms with Crippen LogP contribution in [0.1, 0.15) is 19.4 Å². The molecule has 23 heavy (non-hydrogen) atoms. The normalized spacial score (nSPS) is 11.2. The fourth-order valence-electron chi connectivity index (χ4n) is 2.24. The lowest BCUT2D eigenvalue weighted by molar-refractivity contribution is -0.385. The van der Waals surface area contributed by atoms with E-state index in [0.717, 1.165) is 5.69 Å². The number of nitrogens with zero attached hydrogens (tertiary/aromatic N) is 2. The molecule has 0 heterocycles. The first-order chi connectivity index (χ1) is 10.6. The average Bonchev–Trinajstić information content (AvgIpc) is 2.38. The minimum atomic E-state index is -0.976. The fourth-order valence-corrected chi connectivity index (χ4v) is 3.10. The molecule has 0 aliphatic heterocycles. The van der Waals surface area contributed by atoms with Gasteiger partial charge in [-0.25, -0.2) is 4.79 Å². The molecular weight excluding hydrogens is 417 g/mol. The van der Waals surface area contributed by atoms with E-state index in [4.69, 9.17) is 15.6 Å². The molecule has 128 valence electrons. The molecule has 0 aliphatic carbocycles. The van der Waals surface area contributed by atoms with Gasteiger partial charge >= 0.3 is 6.09 Å².